The average Bonchev–Trinajstić information content (AvgIpc) is 3.57. The molecule has 0 unspecified atom stereocenters. The van der Waals surface area contributed by atoms with Crippen LogP contribution >= 0.6 is 11.6 Å². The van der Waals surface area contributed by atoms with Crippen LogP contribution in [0, 0.1) is 6.92 Å². The molecule has 196 valence electrons. The zero-order valence-electron chi connectivity index (χ0n) is 21.5. The second-order valence-corrected chi connectivity index (χ2v) is 9.60. The number of benzene rings is 3. The van der Waals surface area contributed by atoms with Crippen LogP contribution in [0.2, 0.25) is 5.02 Å². The van der Waals surface area contributed by atoms with Gasteiger partial charge in [-0.3, -0.25) is 4.79 Å². The molecule has 0 N–H and O–H groups in total. The molecule has 1 aliphatic heterocycles. The van der Waals surface area contributed by atoms with Gasteiger partial charge in [0.05, 0.1) is 47.3 Å². The van der Waals surface area contributed by atoms with Gasteiger partial charge < -0.3 is 19.1 Å². The molecule has 7 nitrogen and oxygen atoms in total. The van der Waals surface area contributed by atoms with Crippen LogP contribution < -0.4 is 9.47 Å². The minimum atomic E-state index is -0.159. The summed E-state index contributed by atoms with van der Waals surface area (Å²) in [5.74, 6) is 1.75. The third kappa shape index (κ3) is 5.69. The van der Waals surface area contributed by atoms with E-state index >= 15 is 0 Å². The normalized spacial score (nSPS) is 14.9. The summed E-state index contributed by atoms with van der Waals surface area (Å²) in [5.41, 5.74) is 2.89. The van der Waals surface area contributed by atoms with Crippen LogP contribution in [0.1, 0.15) is 34.5 Å². The number of rotatable bonds is 9. The Kier molecular flexibility index (Phi) is 7.96. The van der Waals surface area contributed by atoms with E-state index in [2.05, 4.69) is 0 Å². The summed E-state index contributed by atoms with van der Waals surface area (Å²) in [7, 11) is 1.63. The number of halogens is 1. The molecule has 5 rings (SSSR count). The number of nitrogens with zero attached hydrogens (tertiary/aromatic N) is 3. The van der Waals surface area contributed by atoms with Gasteiger partial charge in [0.1, 0.15) is 11.5 Å². The molecule has 38 heavy (non-hydrogen) atoms. The van der Waals surface area contributed by atoms with Gasteiger partial charge in [0.15, 0.2) is 0 Å². The van der Waals surface area contributed by atoms with E-state index < -0.39 is 0 Å². The second-order valence-electron chi connectivity index (χ2n) is 9.19. The average molecular weight is 532 g/mol. The largest absolute Gasteiger partial charge is 0.497 e. The first kappa shape index (κ1) is 25.8. The highest BCUT2D eigenvalue weighted by Gasteiger charge is 2.28. The molecular weight excluding hydrogens is 502 g/mol. The number of ether oxygens (including phenoxy) is 3. The molecule has 2 heterocycles. The van der Waals surface area contributed by atoms with Crippen LogP contribution in [-0.4, -0.2) is 47.0 Å². The van der Waals surface area contributed by atoms with Crippen molar-refractivity contribution in [3.63, 3.8) is 0 Å². The molecule has 1 aliphatic rings. The van der Waals surface area contributed by atoms with Crippen molar-refractivity contribution < 1.29 is 19.0 Å². The minimum absolute atomic E-state index is 0.0307. The zero-order valence-corrected chi connectivity index (χ0v) is 22.2. The van der Waals surface area contributed by atoms with E-state index in [1.807, 2.05) is 73.7 Å². The summed E-state index contributed by atoms with van der Waals surface area (Å²) in [6.45, 7) is 3.37. The molecular formula is C30H30ClN3O4. The van der Waals surface area contributed by atoms with E-state index in [-0.39, 0.29) is 18.6 Å². The highest BCUT2D eigenvalue weighted by Crippen LogP contribution is 2.33. The van der Waals surface area contributed by atoms with Crippen molar-refractivity contribution in [3.05, 3.63) is 101 Å². The van der Waals surface area contributed by atoms with E-state index in [9.17, 15) is 4.79 Å². The number of hydrogen-bond donors (Lipinski definition) is 0. The molecule has 8 heteroatoms. The highest BCUT2D eigenvalue weighted by atomic mass is 35.5. The van der Waals surface area contributed by atoms with Gasteiger partial charge in [-0.2, -0.15) is 5.10 Å². The number of carbonyl (C=O) groups excluding carboxylic acids is 1. The van der Waals surface area contributed by atoms with Crippen LogP contribution in [0.25, 0.3) is 5.69 Å². The van der Waals surface area contributed by atoms with Crippen molar-refractivity contribution in [1.29, 1.82) is 0 Å². The number of carbonyl (C=O) groups is 1. The fourth-order valence-electron chi connectivity index (χ4n) is 4.57. The number of hydrogen-bond acceptors (Lipinski definition) is 5. The fraction of sp³-hybridized carbons (Fsp3) is 0.267. The third-order valence-corrected chi connectivity index (χ3v) is 6.93. The Morgan fingerprint density at radius 3 is 2.45 bits per heavy atom. The van der Waals surface area contributed by atoms with Crippen LogP contribution in [0.4, 0.5) is 0 Å². The molecule has 1 amide bonds. The SMILES string of the molecule is COc1ccc(Oc2c(CN(C[C@@H]3CCCO3)C(=O)c3ccccc3Cl)c(C)nn2-c2ccccc2)cc1. The predicted molar refractivity (Wildman–Crippen MR) is 147 cm³/mol. The lowest BCUT2D eigenvalue weighted by molar-refractivity contribution is 0.0505. The quantitative estimate of drug-likeness (QED) is 0.248. The Morgan fingerprint density at radius 1 is 1.05 bits per heavy atom. The lowest BCUT2D eigenvalue weighted by Gasteiger charge is -2.26. The van der Waals surface area contributed by atoms with Crippen molar-refractivity contribution in [2.24, 2.45) is 0 Å². The van der Waals surface area contributed by atoms with E-state index in [1.165, 1.54) is 0 Å². The summed E-state index contributed by atoms with van der Waals surface area (Å²) in [6, 6.07) is 24.3. The van der Waals surface area contributed by atoms with E-state index in [4.69, 9.17) is 30.9 Å². The highest BCUT2D eigenvalue weighted by molar-refractivity contribution is 6.33. The maximum absolute atomic E-state index is 13.8. The topological polar surface area (TPSA) is 65.8 Å². The number of para-hydroxylation sites is 1. The Labute approximate surface area is 227 Å². The Morgan fingerprint density at radius 2 is 1.76 bits per heavy atom. The number of aromatic nitrogens is 2. The fourth-order valence-corrected chi connectivity index (χ4v) is 4.79. The van der Waals surface area contributed by atoms with Crippen molar-refractivity contribution in [1.82, 2.24) is 14.7 Å². The third-order valence-electron chi connectivity index (χ3n) is 6.60. The van der Waals surface area contributed by atoms with Gasteiger partial charge in [0, 0.05) is 13.2 Å². The predicted octanol–water partition coefficient (Wildman–Crippen LogP) is 6.46. The molecule has 1 saturated heterocycles. The van der Waals surface area contributed by atoms with Crippen LogP contribution in [0.15, 0.2) is 78.9 Å². The zero-order chi connectivity index (χ0) is 26.5. The van der Waals surface area contributed by atoms with Crippen molar-refractivity contribution in [2.45, 2.75) is 32.4 Å². The molecule has 0 aliphatic carbocycles. The van der Waals surface area contributed by atoms with E-state index in [0.717, 1.165) is 35.5 Å². The molecule has 0 saturated carbocycles. The summed E-state index contributed by atoms with van der Waals surface area (Å²) in [4.78, 5) is 15.6. The van der Waals surface area contributed by atoms with Gasteiger partial charge in [0.2, 0.25) is 5.88 Å². The van der Waals surface area contributed by atoms with Gasteiger partial charge in [-0.1, -0.05) is 41.9 Å². The second kappa shape index (κ2) is 11.7. The molecule has 4 aromatic rings. The molecule has 1 fully saturated rings. The Bertz CT molecular complexity index is 1380. The van der Waals surface area contributed by atoms with Gasteiger partial charge in [-0.05, 0) is 68.3 Å². The molecule has 0 bridgehead atoms. The first-order valence-electron chi connectivity index (χ1n) is 12.6. The van der Waals surface area contributed by atoms with Crippen LogP contribution in [-0.2, 0) is 11.3 Å². The molecule has 0 spiro atoms. The maximum atomic E-state index is 13.8. The number of aryl methyl sites for hydroxylation is 1. The Hall–Kier alpha value is -3.81. The standard InChI is InChI=1S/C30H30ClN3O4/c1-21-27(20-33(19-25-11-8-18-37-25)29(35)26-12-6-7-13-28(26)31)30(34(32-21)22-9-4-3-5-10-22)38-24-16-14-23(36-2)15-17-24/h3-7,9-10,12-17,25H,8,11,18-20H2,1-2H3/t25-/m0/s1. The van der Waals surface area contributed by atoms with Gasteiger partial charge in [0.25, 0.3) is 5.91 Å². The lowest BCUT2D eigenvalue weighted by Crippen LogP contribution is -2.37. The number of amides is 1. The molecule has 1 atom stereocenters. The number of methoxy groups -OCH3 is 1. The Balaban J connectivity index is 1.54. The van der Waals surface area contributed by atoms with Crippen LogP contribution in [0.3, 0.4) is 0 Å². The molecule has 3 aromatic carbocycles. The smallest absolute Gasteiger partial charge is 0.255 e. The lowest BCUT2D eigenvalue weighted by atomic mass is 10.1. The van der Waals surface area contributed by atoms with Crippen molar-refractivity contribution in [2.75, 3.05) is 20.3 Å². The summed E-state index contributed by atoms with van der Waals surface area (Å²) >= 11 is 6.43. The summed E-state index contributed by atoms with van der Waals surface area (Å²) in [6.07, 6.45) is 1.86. The first-order chi connectivity index (χ1) is 18.5. The molecule has 1 aromatic heterocycles. The minimum Gasteiger partial charge on any atom is -0.497 e. The monoisotopic (exact) mass is 531 g/mol. The van der Waals surface area contributed by atoms with E-state index in [0.29, 0.717) is 35.4 Å². The van der Waals surface area contributed by atoms with E-state index in [1.54, 1.807) is 28.8 Å². The van der Waals surface area contributed by atoms with Crippen LogP contribution in [0.5, 0.6) is 17.4 Å². The summed E-state index contributed by atoms with van der Waals surface area (Å²) < 4.78 is 19.4. The van der Waals surface area contributed by atoms with Gasteiger partial charge in [-0.15, -0.1) is 0 Å². The summed E-state index contributed by atoms with van der Waals surface area (Å²) in [5, 5.41) is 5.23. The maximum Gasteiger partial charge on any atom is 0.255 e. The first-order valence-corrected chi connectivity index (χ1v) is 13.0. The van der Waals surface area contributed by atoms with Gasteiger partial charge in [-0.25, -0.2) is 4.68 Å². The van der Waals surface area contributed by atoms with Crippen molar-refractivity contribution >= 4 is 17.5 Å². The van der Waals surface area contributed by atoms with Gasteiger partial charge >= 0.3 is 0 Å². The van der Waals surface area contributed by atoms with Crippen molar-refractivity contribution in [3.8, 4) is 23.1 Å². The molecule has 0 radical (unpaired) electrons.